The third kappa shape index (κ3) is 18.5. The van der Waals surface area contributed by atoms with Crippen LogP contribution in [0.15, 0.2) is 92.0 Å². The van der Waals surface area contributed by atoms with Crippen molar-refractivity contribution >= 4 is 28.8 Å². The second-order valence-corrected chi connectivity index (χ2v) is 31.3. The summed E-state index contributed by atoms with van der Waals surface area (Å²) in [6.45, 7) is 22.0. The molecule has 0 unspecified atom stereocenters. The number of nitrogens with one attached hydrogen (secondary N) is 4. The third-order valence-corrected chi connectivity index (χ3v) is 21.2. The molecule has 8 N–H and O–H groups in total. The summed E-state index contributed by atoms with van der Waals surface area (Å²) in [6.07, 6.45) is 8.81. The van der Waals surface area contributed by atoms with Crippen LogP contribution in [-0.4, -0.2) is 65.5 Å². The largest absolute Gasteiger partial charge is 0.399 e. The molecule has 8 aromatic rings. The van der Waals surface area contributed by atoms with Gasteiger partial charge in [-0.15, -0.1) is 0 Å². The van der Waals surface area contributed by atoms with Gasteiger partial charge in [-0.3, -0.25) is 38.4 Å². The zero-order valence-corrected chi connectivity index (χ0v) is 64.8. The van der Waals surface area contributed by atoms with Crippen LogP contribution in [0.5, 0.6) is 0 Å². The molecule has 0 atom stereocenters. The van der Waals surface area contributed by atoms with Gasteiger partial charge in [-0.1, -0.05) is 55.4 Å². The van der Waals surface area contributed by atoms with E-state index in [9.17, 15) is 90.7 Å². The van der Waals surface area contributed by atoms with Gasteiger partial charge in [0.1, 0.15) is 0 Å². The van der Waals surface area contributed by atoms with Crippen LogP contribution in [-0.2, 0) is 25.7 Å². The molecule has 4 fully saturated rings. The lowest BCUT2D eigenvalue weighted by Gasteiger charge is -2.21. The van der Waals surface area contributed by atoms with Gasteiger partial charge in [-0.2, -0.15) is 42.1 Å². The van der Waals surface area contributed by atoms with Crippen LogP contribution in [0.1, 0.15) is 300 Å². The normalized spacial score (nSPS) is 14.1. The molecule has 0 radical (unpaired) electrons. The number of carbonyl (C=O) groups excluding carboxylic acids is 4. The lowest BCUT2D eigenvalue weighted by Crippen LogP contribution is -2.26. The number of benzene rings is 4. The van der Waals surface area contributed by atoms with Crippen molar-refractivity contribution in [2.24, 2.45) is 16.7 Å². The Morgan fingerprint density at radius 3 is 0.946 bits per heavy atom. The Bertz CT molecular complexity index is 5730. The second kappa shape index (κ2) is 33.9. The summed E-state index contributed by atoms with van der Waals surface area (Å²) in [6, 6.07) is 33.7. The van der Waals surface area contributed by atoms with Gasteiger partial charge in [0.2, 0.25) is 0 Å². The molecule has 0 spiro atoms. The van der Waals surface area contributed by atoms with Gasteiger partial charge in [-0.25, -0.2) is 0 Å². The smallest absolute Gasteiger partial charge is 0.252 e. The number of nitrogen functional groups attached to an aromatic ring is 1. The lowest BCUT2D eigenvalue weighted by atomic mass is 9.84. The number of aromatic amines is 4. The van der Waals surface area contributed by atoms with Crippen molar-refractivity contribution in [1.29, 1.82) is 42.1 Å². The average Bonchev–Trinajstić information content (AvgIpc) is 1.44. The highest BCUT2D eigenvalue weighted by Crippen LogP contribution is 2.50. The Morgan fingerprint density at radius 2 is 0.688 bits per heavy atom. The molecule has 0 bridgehead atoms. The van der Waals surface area contributed by atoms with E-state index in [1.807, 2.05) is 105 Å². The molecule has 0 aliphatic heterocycles. The highest BCUT2D eigenvalue weighted by Gasteiger charge is 2.46. The number of nitriles is 8. The Kier molecular flexibility index (Phi) is 25.1. The van der Waals surface area contributed by atoms with E-state index in [4.69, 9.17) is 5.73 Å². The number of aliphatic hydroxyl groups is 2. The molecule has 23 nitrogen and oxygen atoms in total. The highest BCUT2D eigenvalue weighted by atomic mass is 16.3. The quantitative estimate of drug-likeness (QED) is 0.0259. The fourth-order valence-electron chi connectivity index (χ4n) is 14.4. The Hall–Kier alpha value is -13.0. The number of nitrogens with two attached hydrogens (primary N) is 1. The number of nitrogens with zero attached hydrogens (tertiary/aromatic N) is 8. The van der Waals surface area contributed by atoms with E-state index in [1.165, 1.54) is 60.7 Å². The molecule has 0 amide bonds. The first-order valence-electron chi connectivity index (χ1n) is 37.1. The minimum Gasteiger partial charge on any atom is -0.399 e. The number of H-pyrrole nitrogens is 4. The van der Waals surface area contributed by atoms with E-state index in [-0.39, 0.29) is 132 Å². The minimum absolute atomic E-state index is 0.0265. The van der Waals surface area contributed by atoms with Crippen LogP contribution in [0.3, 0.4) is 0 Å². The number of pyridine rings is 4. The Labute approximate surface area is 648 Å². The number of ketones is 4. The molecule has 4 heterocycles. The second-order valence-electron chi connectivity index (χ2n) is 31.3. The number of aromatic nitrogens is 4. The van der Waals surface area contributed by atoms with Crippen LogP contribution >= 0.6 is 0 Å². The maximum Gasteiger partial charge on any atom is 0.252 e. The fourth-order valence-corrected chi connectivity index (χ4v) is 14.4. The zero-order valence-electron chi connectivity index (χ0n) is 64.8. The van der Waals surface area contributed by atoms with E-state index in [2.05, 4.69) is 26.0 Å². The molecular formula is C89H87N13O10. The molecule has 4 aliphatic rings. The topological polar surface area (TPSA) is 457 Å². The van der Waals surface area contributed by atoms with E-state index in [0.29, 0.717) is 116 Å². The Balaban J connectivity index is 0.000000172. The van der Waals surface area contributed by atoms with Gasteiger partial charge in [0.05, 0.1) is 98.5 Å². The van der Waals surface area contributed by atoms with Gasteiger partial charge < -0.3 is 35.9 Å². The summed E-state index contributed by atoms with van der Waals surface area (Å²) < 4.78 is 0. The SMILES string of the molecule is Cc1[nH]c(=O)c(C(C)C)c(C(=O)c2cc(C#N)cc(C#N)c2)c1CC1(C#N)CC1.Cc1[nH]c(=O)c(C(C)C)c(C(=O)c2cc(C#N)cc(C#N)c2)c1CC1(CO)CC1.Cc1[nH]c(=O)c(C(C)C)c(C(=O)c2cc(C#N)cc(C#N)c2)c1CC1(O)CC1.Cc1[nH]c(=O)c(C(C)C)c(C(=O)c2cc(N)cc(C#N)c2)c1CC1CC1. The maximum atomic E-state index is 13.6. The number of carbonyl (C=O) groups is 4. The van der Waals surface area contributed by atoms with Crippen LogP contribution in [0.2, 0.25) is 0 Å². The predicted molar refractivity (Wildman–Crippen MR) is 418 cm³/mol. The number of anilines is 1. The monoisotopic (exact) mass is 1500 g/mol. The zero-order chi connectivity index (χ0) is 82.3. The van der Waals surface area contributed by atoms with Crippen molar-refractivity contribution in [2.45, 2.75) is 189 Å². The average molecular weight is 1500 g/mol. The first kappa shape index (κ1) is 83.0. The molecule has 4 aromatic heterocycles. The number of rotatable bonds is 21. The first-order chi connectivity index (χ1) is 53.0. The van der Waals surface area contributed by atoms with Crippen molar-refractivity contribution in [3.05, 3.63) is 265 Å². The van der Waals surface area contributed by atoms with Crippen LogP contribution in [0.25, 0.3) is 0 Å². The van der Waals surface area contributed by atoms with Gasteiger partial charge in [-0.05, 0) is 228 Å². The van der Waals surface area contributed by atoms with E-state index in [1.54, 1.807) is 32.9 Å². The predicted octanol–water partition coefficient (Wildman–Crippen LogP) is 13.0. The van der Waals surface area contributed by atoms with Crippen LogP contribution < -0.4 is 28.0 Å². The molecule has 12 rings (SSSR count). The summed E-state index contributed by atoms with van der Waals surface area (Å²) in [7, 11) is 0. The molecular weight excluding hydrogens is 1410 g/mol. The van der Waals surface area contributed by atoms with E-state index in [0.717, 1.165) is 61.8 Å². The molecule has 4 aromatic carbocycles. The van der Waals surface area contributed by atoms with E-state index < -0.39 is 22.6 Å². The summed E-state index contributed by atoms with van der Waals surface area (Å²) in [4.78, 5) is 116. The molecule has 112 heavy (non-hydrogen) atoms. The third-order valence-electron chi connectivity index (χ3n) is 21.2. The van der Waals surface area contributed by atoms with Gasteiger partial charge in [0.25, 0.3) is 22.2 Å². The summed E-state index contributed by atoms with van der Waals surface area (Å²) in [5.41, 5.74) is 14.4. The van der Waals surface area contributed by atoms with Gasteiger partial charge >= 0.3 is 0 Å². The summed E-state index contributed by atoms with van der Waals surface area (Å²) in [5.74, 6) is -1.58. The maximum absolute atomic E-state index is 13.6. The van der Waals surface area contributed by atoms with Crippen LogP contribution in [0.4, 0.5) is 5.69 Å². The van der Waals surface area contributed by atoms with Crippen molar-refractivity contribution in [1.82, 2.24) is 19.9 Å². The number of hydrogen-bond acceptors (Lipinski definition) is 19. The van der Waals surface area contributed by atoms with Crippen molar-refractivity contribution in [3.63, 3.8) is 0 Å². The first-order valence-corrected chi connectivity index (χ1v) is 37.1. The number of aryl methyl sites for hydroxylation is 4. The van der Waals surface area contributed by atoms with Crippen molar-refractivity contribution in [2.75, 3.05) is 12.3 Å². The molecule has 4 saturated carbocycles. The summed E-state index contributed by atoms with van der Waals surface area (Å²) in [5, 5.41) is 94.4. The van der Waals surface area contributed by atoms with Crippen LogP contribution in [0, 0.1) is 135 Å². The van der Waals surface area contributed by atoms with Gasteiger partial charge in [0, 0.05) is 108 Å². The number of aliphatic hydroxyl groups excluding tert-OH is 1. The van der Waals surface area contributed by atoms with Crippen molar-refractivity contribution in [3.8, 4) is 48.6 Å². The van der Waals surface area contributed by atoms with Gasteiger partial charge in [0.15, 0.2) is 23.1 Å². The molecule has 568 valence electrons. The molecule has 0 saturated heterocycles. The highest BCUT2D eigenvalue weighted by molar-refractivity contribution is 6.14. The fraction of sp³-hybridized carbons (Fsp3) is 0.371. The van der Waals surface area contributed by atoms with Crippen molar-refractivity contribution < 1.29 is 29.4 Å². The summed E-state index contributed by atoms with van der Waals surface area (Å²) >= 11 is 0. The lowest BCUT2D eigenvalue weighted by molar-refractivity contribution is 0.102. The minimum atomic E-state index is -0.849. The Morgan fingerprint density at radius 1 is 0.411 bits per heavy atom. The standard InChI is InChI=1S/C23H20N4O2.C23H23N3O3.C22H21N3O3.C21H23N3O2/c1-13(2)19-20(21(28)17-7-15(10-24)6-16(8-17)11-25)18(14(3)27-22(19)29)9-23(12-26)4-5-23;1-13(2)19-20(21(28)17-7-15(10-24)6-16(8-17)11-25)18(14(3)26-22(19)29)9-23(12-27)4-5-23;1-12(2)18-19(17(9-22(28)4-5-22)13(3)25-21(18)27)20(26)16-7-14(10-23)6-15(8-16)11-24;1-11(2)18-19(17(8-13-4-5-13)12(3)24-21(18)26)20(25)15-6-14(10-22)7-16(23)9-15/h6-8,13H,4-5,9H2,1-3H3,(H,27,29);6-8,13,27H,4-5,9,12H2,1-3H3,(H,26,29);6-8,12,28H,4-5,9H2,1-3H3,(H,25,27);6-7,9,11,13H,4-5,8,23H2,1-3H3,(H,24,26). The molecule has 4 aliphatic carbocycles. The number of hydrogen-bond donors (Lipinski definition) is 7. The van der Waals surface area contributed by atoms with E-state index >= 15 is 0 Å². The molecule has 23 heteroatoms.